The Kier molecular flexibility index (Phi) is 4.89. The van der Waals surface area contributed by atoms with Crippen molar-refractivity contribution in [3.8, 4) is 0 Å². The van der Waals surface area contributed by atoms with Crippen LogP contribution in [0.4, 0.5) is 0 Å². The lowest BCUT2D eigenvalue weighted by Gasteiger charge is -2.08. The van der Waals surface area contributed by atoms with E-state index in [-0.39, 0.29) is 16.8 Å². The second-order valence-corrected chi connectivity index (χ2v) is 7.88. The van der Waals surface area contributed by atoms with Crippen molar-refractivity contribution < 1.29 is 13.2 Å². The van der Waals surface area contributed by atoms with Gasteiger partial charge in [-0.05, 0) is 54.8 Å². The summed E-state index contributed by atoms with van der Waals surface area (Å²) in [7, 11) is -3.49. The van der Waals surface area contributed by atoms with Crippen LogP contribution in [0.15, 0.2) is 53.4 Å². The molecule has 0 unspecified atom stereocenters. The van der Waals surface area contributed by atoms with Gasteiger partial charge in [0.2, 0.25) is 10.0 Å². The van der Waals surface area contributed by atoms with Crippen molar-refractivity contribution in [2.75, 3.05) is 0 Å². The third kappa shape index (κ3) is 4.35. The highest BCUT2D eigenvalue weighted by molar-refractivity contribution is 7.89. The van der Waals surface area contributed by atoms with E-state index in [1.165, 1.54) is 24.3 Å². The number of halogens is 1. The molecule has 0 aromatic heterocycles. The first-order valence-electron chi connectivity index (χ1n) is 7.59. The van der Waals surface area contributed by atoms with Gasteiger partial charge in [0, 0.05) is 23.2 Å². The minimum atomic E-state index is -3.49. The van der Waals surface area contributed by atoms with Crippen LogP contribution in [0.25, 0.3) is 0 Å². The molecule has 1 fully saturated rings. The molecule has 0 atom stereocenters. The zero-order valence-corrected chi connectivity index (χ0v) is 14.4. The average Bonchev–Trinajstić information content (AvgIpc) is 3.37. The van der Waals surface area contributed by atoms with E-state index in [2.05, 4.69) is 10.0 Å². The number of amides is 1. The second-order valence-electron chi connectivity index (χ2n) is 5.73. The van der Waals surface area contributed by atoms with Crippen LogP contribution in [-0.2, 0) is 16.6 Å². The highest BCUT2D eigenvalue weighted by atomic mass is 35.5. The first-order valence-corrected chi connectivity index (χ1v) is 9.45. The molecule has 7 heteroatoms. The minimum Gasteiger partial charge on any atom is -0.348 e. The molecule has 0 radical (unpaired) electrons. The molecular weight excluding hydrogens is 348 g/mol. The standard InChI is InChI=1S/C17H17ClN2O3S/c18-14-5-1-12(2-6-14)11-19-17(21)13-3-9-16(10-4-13)24(22,23)20-15-7-8-15/h1-6,9-10,15,20H,7-8,11H2,(H,19,21). The van der Waals surface area contributed by atoms with Gasteiger partial charge >= 0.3 is 0 Å². The van der Waals surface area contributed by atoms with Gasteiger partial charge in [0.15, 0.2) is 0 Å². The van der Waals surface area contributed by atoms with Gasteiger partial charge in [-0.25, -0.2) is 13.1 Å². The molecule has 0 aliphatic heterocycles. The number of nitrogens with one attached hydrogen (secondary N) is 2. The zero-order chi connectivity index (χ0) is 17.2. The Hall–Kier alpha value is -1.89. The topological polar surface area (TPSA) is 75.3 Å². The quantitative estimate of drug-likeness (QED) is 0.827. The molecule has 2 N–H and O–H groups in total. The van der Waals surface area contributed by atoms with Gasteiger partial charge in [0.25, 0.3) is 5.91 Å². The van der Waals surface area contributed by atoms with Gasteiger partial charge < -0.3 is 5.32 Å². The van der Waals surface area contributed by atoms with Crippen LogP contribution in [0.3, 0.4) is 0 Å². The molecule has 1 amide bonds. The van der Waals surface area contributed by atoms with E-state index in [0.717, 1.165) is 18.4 Å². The SMILES string of the molecule is O=C(NCc1ccc(Cl)cc1)c1ccc(S(=O)(=O)NC2CC2)cc1. The second kappa shape index (κ2) is 6.93. The van der Waals surface area contributed by atoms with E-state index in [0.29, 0.717) is 17.1 Å². The van der Waals surface area contributed by atoms with E-state index in [1.54, 1.807) is 12.1 Å². The van der Waals surface area contributed by atoms with Gasteiger partial charge in [-0.15, -0.1) is 0 Å². The first kappa shape index (κ1) is 17.0. The normalized spacial score (nSPS) is 14.4. The fourth-order valence-corrected chi connectivity index (χ4v) is 3.59. The summed E-state index contributed by atoms with van der Waals surface area (Å²) in [6, 6.07) is 13.2. The summed E-state index contributed by atoms with van der Waals surface area (Å²) in [5.41, 5.74) is 1.34. The fourth-order valence-electron chi connectivity index (χ4n) is 2.16. The molecule has 2 aromatic rings. The highest BCUT2D eigenvalue weighted by Gasteiger charge is 2.27. The number of hydrogen-bond donors (Lipinski definition) is 2. The lowest BCUT2D eigenvalue weighted by molar-refractivity contribution is 0.0951. The van der Waals surface area contributed by atoms with E-state index in [4.69, 9.17) is 11.6 Å². The van der Waals surface area contributed by atoms with Crippen LogP contribution in [0, 0.1) is 0 Å². The van der Waals surface area contributed by atoms with Gasteiger partial charge in [0.05, 0.1) is 4.90 Å². The average molecular weight is 365 g/mol. The van der Waals surface area contributed by atoms with E-state index in [1.807, 2.05) is 12.1 Å². The van der Waals surface area contributed by atoms with Crippen molar-refractivity contribution in [1.29, 1.82) is 0 Å². The summed E-state index contributed by atoms with van der Waals surface area (Å²) < 4.78 is 26.8. The predicted octanol–water partition coefficient (Wildman–Crippen LogP) is 2.71. The molecule has 126 valence electrons. The van der Waals surface area contributed by atoms with Crippen LogP contribution in [0.1, 0.15) is 28.8 Å². The van der Waals surface area contributed by atoms with Crippen molar-refractivity contribution in [1.82, 2.24) is 10.0 Å². The number of carbonyl (C=O) groups is 1. The predicted molar refractivity (Wildman–Crippen MR) is 92.4 cm³/mol. The maximum Gasteiger partial charge on any atom is 0.251 e. The van der Waals surface area contributed by atoms with Gasteiger partial charge in [0.1, 0.15) is 0 Å². The number of hydrogen-bond acceptors (Lipinski definition) is 3. The fraction of sp³-hybridized carbons (Fsp3) is 0.235. The van der Waals surface area contributed by atoms with Crippen LogP contribution in [-0.4, -0.2) is 20.4 Å². The smallest absolute Gasteiger partial charge is 0.251 e. The third-order valence-corrected chi connectivity index (χ3v) is 5.48. The molecule has 0 heterocycles. The largest absolute Gasteiger partial charge is 0.348 e. The van der Waals surface area contributed by atoms with E-state index >= 15 is 0 Å². The molecule has 0 bridgehead atoms. The molecule has 1 aliphatic carbocycles. The molecule has 0 saturated heterocycles. The maximum atomic E-state index is 12.1. The summed E-state index contributed by atoms with van der Waals surface area (Å²) in [5, 5.41) is 3.43. The van der Waals surface area contributed by atoms with Gasteiger partial charge in [-0.1, -0.05) is 23.7 Å². The first-order chi connectivity index (χ1) is 11.4. The lowest BCUT2D eigenvalue weighted by Crippen LogP contribution is -2.26. The maximum absolute atomic E-state index is 12.1. The number of rotatable bonds is 6. The third-order valence-electron chi connectivity index (χ3n) is 3.69. The van der Waals surface area contributed by atoms with Gasteiger partial charge in [-0.3, -0.25) is 4.79 Å². The number of sulfonamides is 1. The Morgan fingerprint density at radius 1 is 1.04 bits per heavy atom. The lowest BCUT2D eigenvalue weighted by atomic mass is 10.2. The van der Waals surface area contributed by atoms with Crippen LogP contribution in [0.5, 0.6) is 0 Å². The zero-order valence-electron chi connectivity index (χ0n) is 12.8. The Morgan fingerprint density at radius 2 is 1.67 bits per heavy atom. The molecule has 24 heavy (non-hydrogen) atoms. The van der Waals surface area contributed by atoms with Crippen LogP contribution in [0.2, 0.25) is 5.02 Å². The summed E-state index contributed by atoms with van der Waals surface area (Å²) >= 11 is 5.82. The summed E-state index contributed by atoms with van der Waals surface area (Å²) in [6.07, 6.45) is 1.76. The Morgan fingerprint density at radius 3 is 2.25 bits per heavy atom. The number of benzene rings is 2. The summed E-state index contributed by atoms with van der Waals surface area (Å²) in [4.78, 5) is 12.3. The Labute approximate surface area is 146 Å². The van der Waals surface area contributed by atoms with Crippen molar-refractivity contribution >= 4 is 27.5 Å². The molecule has 1 aliphatic rings. The molecule has 0 spiro atoms. The van der Waals surface area contributed by atoms with Crippen molar-refractivity contribution in [3.63, 3.8) is 0 Å². The van der Waals surface area contributed by atoms with E-state index < -0.39 is 10.0 Å². The van der Waals surface area contributed by atoms with Gasteiger partial charge in [-0.2, -0.15) is 0 Å². The van der Waals surface area contributed by atoms with Crippen molar-refractivity contribution in [3.05, 3.63) is 64.7 Å². The van der Waals surface area contributed by atoms with Crippen LogP contribution < -0.4 is 10.0 Å². The summed E-state index contributed by atoms with van der Waals surface area (Å²) in [6.45, 7) is 0.374. The van der Waals surface area contributed by atoms with Crippen LogP contribution >= 0.6 is 11.6 Å². The summed E-state index contributed by atoms with van der Waals surface area (Å²) in [5.74, 6) is -0.260. The molecular formula is C17H17ClN2O3S. The molecule has 1 saturated carbocycles. The van der Waals surface area contributed by atoms with E-state index in [9.17, 15) is 13.2 Å². The molecule has 5 nitrogen and oxygen atoms in total. The monoisotopic (exact) mass is 364 g/mol. The van der Waals surface area contributed by atoms with Crippen molar-refractivity contribution in [2.45, 2.75) is 30.3 Å². The Bertz CT molecular complexity index is 829. The number of carbonyl (C=O) groups excluding carboxylic acids is 1. The molecule has 2 aromatic carbocycles. The van der Waals surface area contributed by atoms with Crippen molar-refractivity contribution in [2.24, 2.45) is 0 Å². The molecule has 3 rings (SSSR count). The Balaban J connectivity index is 1.62. The minimum absolute atomic E-state index is 0.0531. The highest BCUT2D eigenvalue weighted by Crippen LogP contribution is 2.22.